The Labute approximate surface area is 229 Å². The van der Waals surface area contributed by atoms with E-state index in [1.165, 1.54) is 6.07 Å². The first-order valence-corrected chi connectivity index (χ1v) is 13.3. The highest BCUT2D eigenvalue weighted by Crippen LogP contribution is 2.33. The zero-order valence-electron chi connectivity index (χ0n) is 21.9. The van der Waals surface area contributed by atoms with E-state index in [4.69, 9.17) is 9.97 Å². The number of rotatable bonds is 4. The Morgan fingerprint density at radius 3 is 2.50 bits per heavy atom. The third-order valence-electron chi connectivity index (χ3n) is 7.47. The van der Waals surface area contributed by atoms with Crippen LogP contribution in [0.25, 0.3) is 28.0 Å². The molecule has 0 radical (unpaired) electrons. The molecular weight excluding hydrogens is 513 g/mol. The average Bonchev–Trinajstić information content (AvgIpc) is 3.32. The fourth-order valence-corrected chi connectivity index (χ4v) is 5.52. The monoisotopic (exact) mass is 540 g/mol. The number of alkyl halides is 3. The fraction of sp³-hybridized carbons (Fsp3) is 0.219. The maximum absolute atomic E-state index is 13.6. The summed E-state index contributed by atoms with van der Waals surface area (Å²) >= 11 is 0. The van der Waals surface area contributed by atoms with Crippen LogP contribution in [0.4, 0.5) is 13.2 Å². The van der Waals surface area contributed by atoms with Gasteiger partial charge in [-0.15, -0.1) is 0 Å². The van der Waals surface area contributed by atoms with Crippen molar-refractivity contribution in [3.63, 3.8) is 0 Å². The largest absolute Gasteiger partial charge is 0.416 e. The first-order chi connectivity index (χ1) is 19.3. The van der Waals surface area contributed by atoms with Gasteiger partial charge in [0.2, 0.25) is 0 Å². The average molecular weight is 541 g/mol. The van der Waals surface area contributed by atoms with Crippen molar-refractivity contribution in [1.29, 1.82) is 0 Å². The van der Waals surface area contributed by atoms with Crippen LogP contribution in [0.1, 0.15) is 46.2 Å². The van der Waals surface area contributed by atoms with Gasteiger partial charge in [-0.1, -0.05) is 36.4 Å². The molecule has 1 amide bonds. The van der Waals surface area contributed by atoms with Crippen LogP contribution in [0.2, 0.25) is 0 Å². The predicted octanol–water partition coefficient (Wildman–Crippen LogP) is 7.43. The number of carbonyl (C=O) groups excluding carboxylic acids is 1. The van der Waals surface area contributed by atoms with Crippen molar-refractivity contribution in [1.82, 2.24) is 19.4 Å². The summed E-state index contributed by atoms with van der Waals surface area (Å²) in [5.41, 5.74) is 4.27. The number of benzene rings is 3. The molecule has 1 atom stereocenters. The van der Waals surface area contributed by atoms with Gasteiger partial charge in [0.1, 0.15) is 5.82 Å². The van der Waals surface area contributed by atoms with Crippen LogP contribution in [-0.4, -0.2) is 38.4 Å². The van der Waals surface area contributed by atoms with Gasteiger partial charge >= 0.3 is 6.18 Å². The summed E-state index contributed by atoms with van der Waals surface area (Å²) < 4.78 is 41.8. The van der Waals surface area contributed by atoms with E-state index in [-0.39, 0.29) is 11.8 Å². The minimum Gasteiger partial charge on any atom is -0.338 e. The van der Waals surface area contributed by atoms with E-state index in [1.54, 1.807) is 12.1 Å². The van der Waals surface area contributed by atoms with E-state index in [0.717, 1.165) is 53.2 Å². The minimum absolute atomic E-state index is 0.00767. The highest BCUT2D eigenvalue weighted by Gasteiger charge is 2.31. The lowest BCUT2D eigenvalue weighted by molar-refractivity contribution is -0.137. The van der Waals surface area contributed by atoms with Gasteiger partial charge < -0.3 is 4.90 Å². The molecule has 1 aliphatic rings. The third-order valence-corrected chi connectivity index (χ3v) is 7.47. The van der Waals surface area contributed by atoms with Gasteiger partial charge in [-0.25, -0.2) is 4.98 Å². The van der Waals surface area contributed by atoms with Crippen LogP contribution in [0, 0.1) is 6.92 Å². The summed E-state index contributed by atoms with van der Waals surface area (Å²) in [6, 6.07) is 26.3. The number of fused-ring (bicyclic) bond motifs is 1. The normalized spacial score (nSPS) is 15.9. The molecule has 8 heteroatoms. The van der Waals surface area contributed by atoms with Gasteiger partial charge in [-0.3, -0.25) is 14.3 Å². The molecule has 1 aliphatic heterocycles. The molecule has 3 heterocycles. The third kappa shape index (κ3) is 4.97. The molecule has 0 aliphatic carbocycles. The standard InChI is InChI=1S/C32H27F3N4O/c1-21-36-29-19-23(15-16-30(29)39(21)26-11-3-2-4-12-26)31(40)38-17-7-9-24(20-38)28-14-6-13-27(37-28)22-8-5-10-25(18-22)32(33,34)35/h2-6,8,10-16,18-19,24H,7,9,17,20H2,1H3/t24-/m0/s1. The van der Waals surface area contributed by atoms with Gasteiger partial charge in [-0.05, 0) is 74.4 Å². The highest BCUT2D eigenvalue weighted by atomic mass is 19.4. The quantitative estimate of drug-likeness (QED) is 0.238. The van der Waals surface area contributed by atoms with Crippen molar-refractivity contribution in [3.8, 4) is 16.9 Å². The molecule has 202 valence electrons. The number of halogens is 3. The Morgan fingerprint density at radius 2 is 1.70 bits per heavy atom. The van der Waals surface area contributed by atoms with Crippen molar-refractivity contribution < 1.29 is 18.0 Å². The number of nitrogens with zero attached hydrogens (tertiary/aromatic N) is 4. The SMILES string of the molecule is Cc1nc2cc(C(=O)N3CCC[C@H](c4cccc(-c5cccc(C(F)(F)F)c5)n4)C3)ccc2n1-c1ccccc1. The van der Waals surface area contributed by atoms with E-state index in [9.17, 15) is 18.0 Å². The van der Waals surface area contributed by atoms with E-state index in [2.05, 4.69) is 4.57 Å². The number of likely N-dealkylation sites (tertiary alicyclic amines) is 1. The Kier molecular flexibility index (Phi) is 6.62. The summed E-state index contributed by atoms with van der Waals surface area (Å²) in [5.74, 6) is 0.773. The van der Waals surface area contributed by atoms with Crippen LogP contribution in [0.5, 0.6) is 0 Å². The van der Waals surface area contributed by atoms with E-state index in [0.29, 0.717) is 29.9 Å². The second kappa shape index (κ2) is 10.3. The number of imidazole rings is 1. The number of aromatic nitrogens is 3. The van der Waals surface area contributed by atoms with Crippen molar-refractivity contribution in [2.75, 3.05) is 13.1 Å². The zero-order chi connectivity index (χ0) is 27.9. The molecule has 1 saturated heterocycles. The molecule has 0 spiro atoms. The topological polar surface area (TPSA) is 51.0 Å². The van der Waals surface area contributed by atoms with Gasteiger partial charge in [0.25, 0.3) is 5.91 Å². The number of aryl methyl sites for hydroxylation is 1. The number of amides is 1. The number of para-hydroxylation sites is 1. The Bertz CT molecular complexity index is 1690. The van der Waals surface area contributed by atoms with Crippen LogP contribution in [-0.2, 0) is 6.18 Å². The van der Waals surface area contributed by atoms with Gasteiger partial charge in [0.05, 0.1) is 22.3 Å². The van der Waals surface area contributed by atoms with Gasteiger partial charge in [0.15, 0.2) is 0 Å². The summed E-state index contributed by atoms with van der Waals surface area (Å²) in [6.07, 6.45) is -2.75. The highest BCUT2D eigenvalue weighted by molar-refractivity contribution is 5.97. The molecule has 0 unspecified atom stereocenters. The van der Waals surface area contributed by atoms with Crippen LogP contribution >= 0.6 is 0 Å². The van der Waals surface area contributed by atoms with Gasteiger partial charge in [-0.2, -0.15) is 13.2 Å². The number of carbonyl (C=O) groups is 1. The molecule has 40 heavy (non-hydrogen) atoms. The minimum atomic E-state index is -4.42. The smallest absolute Gasteiger partial charge is 0.338 e. The number of pyridine rings is 1. The molecule has 2 aromatic heterocycles. The van der Waals surface area contributed by atoms with Crippen molar-refractivity contribution >= 4 is 16.9 Å². The second-order valence-corrected chi connectivity index (χ2v) is 10.2. The van der Waals surface area contributed by atoms with Crippen LogP contribution < -0.4 is 0 Å². The van der Waals surface area contributed by atoms with Crippen molar-refractivity contribution in [3.05, 3.63) is 114 Å². The molecule has 0 saturated carbocycles. The van der Waals surface area contributed by atoms with E-state index < -0.39 is 11.7 Å². The predicted molar refractivity (Wildman–Crippen MR) is 148 cm³/mol. The molecule has 1 fully saturated rings. The van der Waals surface area contributed by atoms with Gasteiger partial charge in [0, 0.05) is 41.5 Å². The summed E-state index contributed by atoms with van der Waals surface area (Å²) in [5, 5.41) is 0. The lowest BCUT2D eigenvalue weighted by Crippen LogP contribution is -2.39. The maximum atomic E-state index is 13.6. The Hall–Kier alpha value is -4.46. The summed E-state index contributed by atoms with van der Waals surface area (Å²) in [6.45, 7) is 3.08. The molecule has 3 aromatic carbocycles. The molecule has 0 bridgehead atoms. The molecule has 0 N–H and O–H groups in total. The summed E-state index contributed by atoms with van der Waals surface area (Å²) in [4.78, 5) is 24.8. The fourth-order valence-electron chi connectivity index (χ4n) is 5.52. The van der Waals surface area contributed by atoms with Crippen LogP contribution in [0.15, 0.2) is 91.0 Å². The van der Waals surface area contributed by atoms with Crippen LogP contribution in [0.3, 0.4) is 0 Å². The maximum Gasteiger partial charge on any atom is 0.416 e. The number of piperidine rings is 1. The lowest BCUT2D eigenvalue weighted by Gasteiger charge is -2.32. The van der Waals surface area contributed by atoms with Crippen molar-refractivity contribution in [2.45, 2.75) is 31.9 Å². The first kappa shape index (κ1) is 25.8. The lowest BCUT2D eigenvalue weighted by atomic mass is 9.93. The molecular formula is C32H27F3N4O. The molecule has 6 rings (SSSR count). The van der Waals surface area contributed by atoms with Crippen molar-refractivity contribution in [2.24, 2.45) is 0 Å². The second-order valence-electron chi connectivity index (χ2n) is 10.2. The Morgan fingerprint density at radius 1 is 0.900 bits per heavy atom. The first-order valence-electron chi connectivity index (χ1n) is 13.3. The zero-order valence-corrected chi connectivity index (χ0v) is 21.9. The number of hydrogen-bond donors (Lipinski definition) is 0. The summed E-state index contributed by atoms with van der Waals surface area (Å²) in [7, 11) is 0. The van der Waals surface area contributed by atoms with E-state index in [1.807, 2.05) is 72.5 Å². The molecule has 5 nitrogen and oxygen atoms in total. The van der Waals surface area contributed by atoms with E-state index >= 15 is 0 Å². The Balaban J connectivity index is 1.23. The molecule has 5 aromatic rings. The number of hydrogen-bond acceptors (Lipinski definition) is 3.